The van der Waals surface area contributed by atoms with E-state index in [-0.39, 0.29) is 0 Å². The van der Waals surface area contributed by atoms with Crippen molar-refractivity contribution in [3.05, 3.63) is 139 Å². The minimum absolute atomic E-state index is 0.420. The van der Waals surface area contributed by atoms with E-state index in [2.05, 4.69) is 48.6 Å². The predicted molar refractivity (Wildman–Crippen MR) is 204 cm³/mol. The number of furan rings is 1. The third-order valence-corrected chi connectivity index (χ3v) is 8.28. The number of aromatic nitrogens is 3. The number of rotatable bonds is 7. The maximum Gasteiger partial charge on any atom is 0.164 e. The molecule has 0 aliphatic carbocycles. The van der Waals surface area contributed by atoms with E-state index in [0.717, 1.165) is 43.8 Å². The summed E-state index contributed by atoms with van der Waals surface area (Å²) >= 11 is 0. The number of benzene rings is 5. The van der Waals surface area contributed by atoms with Crippen molar-refractivity contribution >= 4 is 78.2 Å². The lowest BCUT2D eigenvalue weighted by molar-refractivity contribution is 0.671. The highest BCUT2D eigenvalue weighted by atomic mass is 16.3. The van der Waals surface area contributed by atoms with Gasteiger partial charge in [0.05, 0.1) is 0 Å². The third kappa shape index (κ3) is 5.96. The van der Waals surface area contributed by atoms with Crippen molar-refractivity contribution in [3.8, 4) is 34.2 Å². The monoisotopic (exact) mass is 611 g/mol. The van der Waals surface area contributed by atoms with E-state index in [1.165, 1.54) is 0 Å². The van der Waals surface area contributed by atoms with E-state index in [1.54, 1.807) is 12.1 Å². The molecule has 2 heterocycles. The fourth-order valence-corrected chi connectivity index (χ4v) is 5.92. The second-order valence-corrected chi connectivity index (χ2v) is 11.5. The van der Waals surface area contributed by atoms with Crippen molar-refractivity contribution in [1.82, 2.24) is 15.0 Å². The van der Waals surface area contributed by atoms with Gasteiger partial charge in [-0.15, -0.1) is 0 Å². The maximum atomic E-state index is 6.71. The zero-order valence-electron chi connectivity index (χ0n) is 26.7. The Morgan fingerprint density at radius 1 is 0.646 bits per heavy atom. The fourth-order valence-electron chi connectivity index (χ4n) is 5.92. The molecule has 0 atom stereocenters. The molecule has 5 aromatic carbocycles. The third-order valence-electron chi connectivity index (χ3n) is 8.28. The van der Waals surface area contributed by atoms with Gasteiger partial charge in [0.15, 0.2) is 17.5 Å². The minimum atomic E-state index is 0.420. The quantitative estimate of drug-likeness (QED) is 0.139. The molecule has 7 aromatic rings. The lowest BCUT2D eigenvalue weighted by Crippen LogP contribution is -2.13. The molecule has 7 rings (SSSR count). The Morgan fingerprint density at radius 3 is 2.12 bits per heavy atom. The Kier molecular flexibility index (Phi) is 8.52. The first-order valence-corrected chi connectivity index (χ1v) is 15.7. The summed E-state index contributed by atoms with van der Waals surface area (Å²) in [6, 6.07) is 29.8. The smallest absolute Gasteiger partial charge is 0.164 e. The van der Waals surface area contributed by atoms with Crippen LogP contribution in [0.25, 0.3) is 72.4 Å². The van der Waals surface area contributed by atoms with Gasteiger partial charge in [-0.25, -0.2) is 15.0 Å². The summed E-state index contributed by atoms with van der Waals surface area (Å²) < 4.78 is 6.20. The molecule has 0 spiro atoms. The van der Waals surface area contributed by atoms with E-state index in [4.69, 9.17) is 42.9 Å². The van der Waals surface area contributed by atoms with Crippen LogP contribution in [-0.4, -0.2) is 38.5 Å². The molecule has 0 fully saturated rings. The van der Waals surface area contributed by atoms with Gasteiger partial charge in [-0.1, -0.05) is 138 Å². The average Bonchev–Trinajstić information content (AvgIpc) is 3.48. The number of allylic oxidation sites excluding steroid dienone is 8. The zero-order valence-corrected chi connectivity index (χ0v) is 26.7. The van der Waals surface area contributed by atoms with Crippen molar-refractivity contribution in [2.75, 3.05) is 0 Å². The van der Waals surface area contributed by atoms with Crippen molar-refractivity contribution in [2.24, 2.45) is 0 Å². The van der Waals surface area contributed by atoms with Gasteiger partial charge >= 0.3 is 0 Å². The molecule has 0 aliphatic heterocycles. The average molecular weight is 611 g/mol. The van der Waals surface area contributed by atoms with E-state index < -0.39 is 0 Å². The summed E-state index contributed by atoms with van der Waals surface area (Å²) in [5, 5.41) is 3.71. The maximum absolute atomic E-state index is 6.71. The summed E-state index contributed by atoms with van der Waals surface area (Å²) in [5.74, 6) is 1.46. The topological polar surface area (TPSA) is 51.8 Å². The van der Waals surface area contributed by atoms with Crippen LogP contribution in [0.1, 0.15) is 19.4 Å². The van der Waals surface area contributed by atoms with Gasteiger partial charge in [-0.05, 0) is 47.9 Å². The molecule has 48 heavy (non-hydrogen) atoms. The second kappa shape index (κ2) is 13.2. The molecule has 0 bridgehead atoms. The van der Waals surface area contributed by atoms with Crippen molar-refractivity contribution in [3.63, 3.8) is 0 Å². The predicted octanol–water partition coefficient (Wildman–Crippen LogP) is 7.40. The van der Waals surface area contributed by atoms with Crippen LogP contribution in [0.15, 0.2) is 138 Å². The summed E-state index contributed by atoms with van der Waals surface area (Å²) in [4.78, 5) is 15.0. The lowest BCUT2D eigenvalue weighted by atomic mass is 9.83. The van der Waals surface area contributed by atoms with Gasteiger partial charge in [-0.3, -0.25) is 0 Å². The first-order chi connectivity index (χ1) is 23.4. The SMILES string of the molecule is [B]c1cc([B])c2oc3ccc([B])c(-c4nc(-c5ccc(C(/C=C\C=C/C=C\C)=C/C)cc5)nc(-c5ccc6ccccc6c5)n4)c3c2c1. The van der Waals surface area contributed by atoms with Gasteiger partial charge in [-0.2, -0.15) is 0 Å². The van der Waals surface area contributed by atoms with Crippen LogP contribution in [0.5, 0.6) is 0 Å². The van der Waals surface area contributed by atoms with E-state index in [9.17, 15) is 0 Å². The minimum Gasteiger partial charge on any atom is -0.457 e. The molecule has 0 N–H and O–H groups in total. The summed E-state index contributed by atoms with van der Waals surface area (Å²) in [6.07, 6.45) is 14.2. The van der Waals surface area contributed by atoms with Gasteiger partial charge < -0.3 is 4.42 Å². The molecule has 0 amide bonds. The highest BCUT2D eigenvalue weighted by Gasteiger charge is 2.20. The van der Waals surface area contributed by atoms with E-state index >= 15 is 0 Å². The number of fused-ring (bicyclic) bond motifs is 4. The standard InChI is InChI=1S/C41H28B3N3O/c1-3-5-6-7-8-11-25(4-2)27-14-17-28(18-15-27)39-45-40(30-19-16-26-12-9-10-13-29(26)22-30)47-41(46-39)37-33(43)20-21-35-36(37)32-23-31(42)24-34(44)38(32)48-35/h3-24H,1-2H3/b5-3-,7-6-,11-8-,25-4+. The molecule has 0 aliphatic rings. The van der Waals surface area contributed by atoms with Crippen LogP contribution in [0.4, 0.5) is 0 Å². The molecule has 0 saturated heterocycles. The van der Waals surface area contributed by atoms with Gasteiger partial charge in [0.2, 0.25) is 0 Å². The number of hydrogen-bond acceptors (Lipinski definition) is 4. The molecule has 2 aromatic heterocycles. The van der Waals surface area contributed by atoms with Crippen molar-refractivity contribution < 1.29 is 4.42 Å². The molecule has 0 saturated carbocycles. The molecular weight excluding hydrogens is 583 g/mol. The Bertz CT molecular complexity index is 2450. The Hall–Kier alpha value is -5.68. The molecule has 222 valence electrons. The van der Waals surface area contributed by atoms with Crippen molar-refractivity contribution in [2.45, 2.75) is 13.8 Å². The zero-order chi connectivity index (χ0) is 33.2. The van der Waals surface area contributed by atoms with Crippen LogP contribution in [0, 0.1) is 0 Å². The summed E-state index contributed by atoms with van der Waals surface area (Å²) in [6.45, 7) is 4.03. The van der Waals surface area contributed by atoms with E-state index in [1.807, 2.05) is 86.7 Å². The molecule has 6 radical (unpaired) electrons. The van der Waals surface area contributed by atoms with Crippen LogP contribution in [0.3, 0.4) is 0 Å². The summed E-state index contributed by atoms with van der Waals surface area (Å²) in [5.41, 5.74) is 7.12. The molecular formula is C41H28B3N3O. The van der Waals surface area contributed by atoms with Crippen LogP contribution < -0.4 is 16.4 Å². The molecule has 0 unspecified atom stereocenters. The van der Waals surface area contributed by atoms with Gasteiger partial charge in [0.1, 0.15) is 34.7 Å². The fraction of sp³-hybridized carbons (Fsp3) is 0.0488. The molecule has 4 nitrogen and oxygen atoms in total. The second-order valence-electron chi connectivity index (χ2n) is 11.5. The van der Waals surface area contributed by atoms with Crippen LogP contribution in [0.2, 0.25) is 0 Å². The van der Waals surface area contributed by atoms with Crippen LogP contribution in [-0.2, 0) is 0 Å². The van der Waals surface area contributed by atoms with Crippen LogP contribution >= 0.6 is 0 Å². The lowest BCUT2D eigenvalue weighted by Gasteiger charge is -2.12. The molecule has 7 heteroatoms. The highest BCUT2D eigenvalue weighted by molar-refractivity contribution is 6.45. The number of hydrogen-bond donors (Lipinski definition) is 0. The Labute approximate surface area is 283 Å². The first-order valence-electron chi connectivity index (χ1n) is 15.7. The highest BCUT2D eigenvalue weighted by Crippen LogP contribution is 2.35. The largest absolute Gasteiger partial charge is 0.457 e. The van der Waals surface area contributed by atoms with Crippen molar-refractivity contribution in [1.29, 1.82) is 0 Å². The van der Waals surface area contributed by atoms with Gasteiger partial charge in [0, 0.05) is 27.5 Å². The number of nitrogens with zero attached hydrogens (tertiary/aromatic N) is 3. The first kappa shape index (κ1) is 31.0. The van der Waals surface area contributed by atoms with E-state index in [0.29, 0.717) is 50.6 Å². The Morgan fingerprint density at radius 2 is 1.35 bits per heavy atom. The van der Waals surface area contributed by atoms with Gasteiger partial charge in [0.25, 0.3) is 0 Å². The normalized spacial score (nSPS) is 12.5. The summed E-state index contributed by atoms with van der Waals surface area (Å²) in [7, 11) is 19.3. The Balaban J connectivity index is 1.41.